The zero-order valence-electron chi connectivity index (χ0n) is 11.7. The average Bonchev–Trinajstić information content (AvgIpc) is 2.87. The van der Waals surface area contributed by atoms with E-state index >= 15 is 0 Å². The fourth-order valence-corrected chi connectivity index (χ4v) is 2.76. The lowest BCUT2D eigenvalue weighted by Gasteiger charge is -2.59. The number of aromatic amines is 1. The number of nitrogens with one attached hydrogen (secondary N) is 2. The quantitative estimate of drug-likeness (QED) is 0.883. The summed E-state index contributed by atoms with van der Waals surface area (Å²) >= 11 is 0. The third-order valence-electron chi connectivity index (χ3n) is 4.81. The molecule has 0 saturated heterocycles. The van der Waals surface area contributed by atoms with Crippen LogP contribution in [0.15, 0.2) is 12.7 Å². The molecule has 19 heavy (non-hydrogen) atoms. The third kappa shape index (κ3) is 1.63. The number of anilines is 1. The largest absolute Gasteiger partial charge is 0.378 e. The average molecular weight is 261 g/mol. The Bertz CT molecular complexity index is 608. The number of hydrogen-bond acceptors (Lipinski definition) is 5. The van der Waals surface area contributed by atoms with E-state index in [1.54, 1.807) is 13.4 Å². The molecule has 2 aromatic heterocycles. The van der Waals surface area contributed by atoms with Crippen molar-refractivity contribution in [3.8, 4) is 0 Å². The second-order valence-corrected chi connectivity index (χ2v) is 5.88. The first-order chi connectivity index (χ1) is 8.98. The highest BCUT2D eigenvalue weighted by molar-refractivity contribution is 5.82. The molecule has 0 radical (unpaired) electrons. The van der Waals surface area contributed by atoms with E-state index in [-0.39, 0.29) is 11.0 Å². The molecule has 1 saturated carbocycles. The Hall–Kier alpha value is -1.69. The highest BCUT2D eigenvalue weighted by atomic mass is 16.5. The summed E-state index contributed by atoms with van der Waals surface area (Å²) in [6, 6.07) is 0.318. The molecule has 3 rings (SSSR count). The molecule has 0 aromatic carbocycles. The minimum Gasteiger partial charge on any atom is -0.378 e. The van der Waals surface area contributed by atoms with Gasteiger partial charge in [0.1, 0.15) is 11.8 Å². The first kappa shape index (κ1) is 12.3. The van der Waals surface area contributed by atoms with Crippen LogP contribution in [-0.2, 0) is 4.74 Å². The van der Waals surface area contributed by atoms with Crippen molar-refractivity contribution in [1.29, 1.82) is 0 Å². The minimum atomic E-state index is -0.0925. The summed E-state index contributed by atoms with van der Waals surface area (Å²) < 4.78 is 5.64. The molecule has 0 aliphatic heterocycles. The predicted molar refractivity (Wildman–Crippen MR) is 72.9 cm³/mol. The summed E-state index contributed by atoms with van der Waals surface area (Å²) in [7, 11) is 1.77. The maximum atomic E-state index is 5.64. The summed E-state index contributed by atoms with van der Waals surface area (Å²) in [6.45, 7) is 6.57. The van der Waals surface area contributed by atoms with E-state index in [0.717, 1.165) is 17.8 Å². The van der Waals surface area contributed by atoms with Crippen molar-refractivity contribution in [3.63, 3.8) is 0 Å². The SMILES string of the molecule is COC1(C)CC(Nc2ncnc3nc[nH]c23)C1(C)C. The molecule has 2 heterocycles. The number of imidazole rings is 1. The van der Waals surface area contributed by atoms with Gasteiger partial charge < -0.3 is 15.0 Å². The van der Waals surface area contributed by atoms with Crippen molar-refractivity contribution in [2.75, 3.05) is 12.4 Å². The lowest BCUT2D eigenvalue weighted by Crippen LogP contribution is -2.65. The van der Waals surface area contributed by atoms with Crippen LogP contribution in [0.1, 0.15) is 27.2 Å². The Kier molecular flexibility index (Phi) is 2.53. The van der Waals surface area contributed by atoms with Crippen LogP contribution < -0.4 is 5.32 Å². The molecule has 2 N–H and O–H groups in total. The minimum absolute atomic E-state index is 0.0407. The van der Waals surface area contributed by atoms with Crippen LogP contribution in [0.25, 0.3) is 11.2 Å². The molecule has 1 aliphatic rings. The summed E-state index contributed by atoms with van der Waals surface area (Å²) in [5, 5.41) is 3.48. The Morgan fingerprint density at radius 3 is 2.79 bits per heavy atom. The van der Waals surface area contributed by atoms with Crippen LogP contribution in [-0.4, -0.2) is 38.7 Å². The fourth-order valence-electron chi connectivity index (χ4n) is 2.76. The Morgan fingerprint density at radius 2 is 2.11 bits per heavy atom. The number of aromatic nitrogens is 4. The van der Waals surface area contributed by atoms with Gasteiger partial charge in [0.2, 0.25) is 0 Å². The van der Waals surface area contributed by atoms with E-state index in [4.69, 9.17) is 4.74 Å². The smallest absolute Gasteiger partial charge is 0.182 e. The molecule has 6 heteroatoms. The van der Waals surface area contributed by atoms with E-state index in [1.807, 2.05) is 0 Å². The summed E-state index contributed by atoms with van der Waals surface area (Å²) in [6.07, 6.45) is 4.12. The van der Waals surface area contributed by atoms with Crippen LogP contribution in [0.5, 0.6) is 0 Å². The van der Waals surface area contributed by atoms with Gasteiger partial charge in [-0.2, -0.15) is 0 Å². The third-order valence-corrected chi connectivity index (χ3v) is 4.81. The Balaban J connectivity index is 1.86. The molecule has 2 atom stereocenters. The molecule has 6 nitrogen and oxygen atoms in total. The van der Waals surface area contributed by atoms with Crippen LogP contribution in [0.3, 0.4) is 0 Å². The number of ether oxygens (including phenoxy) is 1. The van der Waals surface area contributed by atoms with Crippen molar-refractivity contribution in [1.82, 2.24) is 19.9 Å². The second kappa shape index (κ2) is 3.90. The number of methoxy groups -OCH3 is 1. The first-order valence-corrected chi connectivity index (χ1v) is 6.44. The topological polar surface area (TPSA) is 75.7 Å². The van der Waals surface area contributed by atoms with Crippen molar-refractivity contribution >= 4 is 17.0 Å². The van der Waals surface area contributed by atoms with E-state index in [9.17, 15) is 0 Å². The van der Waals surface area contributed by atoms with Crippen molar-refractivity contribution in [2.45, 2.75) is 38.8 Å². The highest BCUT2D eigenvalue weighted by Gasteiger charge is 2.57. The molecule has 102 valence electrons. The number of nitrogens with zero attached hydrogens (tertiary/aromatic N) is 3. The summed E-state index contributed by atoms with van der Waals surface area (Å²) in [5.41, 5.74) is 1.48. The van der Waals surface area contributed by atoms with E-state index < -0.39 is 0 Å². The van der Waals surface area contributed by atoms with Gasteiger partial charge in [-0.25, -0.2) is 15.0 Å². The summed E-state index contributed by atoms with van der Waals surface area (Å²) in [5.74, 6) is 0.804. The Labute approximate surface area is 112 Å². The van der Waals surface area contributed by atoms with Gasteiger partial charge in [-0.15, -0.1) is 0 Å². The molecule has 0 spiro atoms. The lowest BCUT2D eigenvalue weighted by atomic mass is 9.56. The summed E-state index contributed by atoms with van der Waals surface area (Å²) in [4.78, 5) is 15.6. The molecule has 1 aliphatic carbocycles. The normalized spacial score (nSPS) is 29.2. The van der Waals surface area contributed by atoms with Gasteiger partial charge >= 0.3 is 0 Å². The lowest BCUT2D eigenvalue weighted by molar-refractivity contribution is -0.166. The van der Waals surface area contributed by atoms with Gasteiger partial charge in [-0.1, -0.05) is 13.8 Å². The van der Waals surface area contributed by atoms with Gasteiger partial charge in [0.15, 0.2) is 11.5 Å². The molecular weight excluding hydrogens is 242 g/mol. The molecule has 0 bridgehead atoms. The van der Waals surface area contributed by atoms with Gasteiger partial charge in [0.05, 0.1) is 11.9 Å². The van der Waals surface area contributed by atoms with E-state index in [0.29, 0.717) is 11.7 Å². The molecular formula is C13H19N5O. The van der Waals surface area contributed by atoms with E-state index in [2.05, 4.69) is 46.0 Å². The van der Waals surface area contributed by atoms with Gasteiger partial charge in [-0.05, 0) is 13.3 Å². The maximum absolute atomic E-state index is 5.64. The zero-order valence-corrected chi connectivity index (χ0v) is 11.7. The van der Waals surface area contributed by atoms with Crippen LogP contribution in [0, 0.1) is 5.41 Å². The number of H-pyrrole nitrogens is 1. The second-order valence-electron chi connectivity index (χ2n) is 5.88. The van der Waals surface area contributed by atoms with Gasteiger partial charge in [-0.3, -0.25) is 0 Å². The number of fused-ring (bicyclic) bond motifs is 1. The zero-order chi connectivity index (χ0) is 13.7. The van der Waals surface area contributed by atoms with Crippen LogP contribution >= 0.6 is 0 Å². The van der Waals surface area contributed by atoms with Gasteiger partial charge in [0.25, 0.3) is 0 Å². The number of rotatable bonds is 3. The molecule has 1 fully saturated rings. The van der Waals surface area contributed by atoms with Crippen molar-refractivity contribution < 1.29 is 4.74 Å². The molecule has 2 unspecified atom stereocenters. The predicted octanol–water partition coefficient (Wildman–Crippen LogP) is 1.97. The Morgan fingerprint density at radius 1 is 1.32 bits per heavy atom. The number of hydrogen-bond donors (Lipinski definition) is 2. The van der Waals surface area contributed by atoms with Crippen molar-refractivity contribution in [2.24, 2.45) is 5.41 Å². The molecule has 0 amide bonds. The standard InChI is InChI=1S/C13H19N5O/c1-12(2)8(5-13(12,3)19-4)18-11-9-10(15-6-14-9)16-7-17-11/h6-8H,5H2,1-4H3,(H2,14,15,16,17,18). The maximum Gasteiger partial charge on any atom is 0.182 e. The van der Waals surface area contributed by atoms with Gasteiger partial charge in [0, 0.05) is 18.6 Å². The van der Waals surface area contributed by atoms with Crippen molar-refractivity contribution in [3.05, 3.63) is 12.7 Å². The van der Waals surface area contributed by atoms with Crippen LogP contribution in [0.2, 0.25) is 0 Å². The fraction of sp³-hybridized carbons (Fsp3) is 0.615. The van der Waals surface area contributed by atoms with E-state index in [1.165, 1.54) is 6.33 Å². The monoisotopic (exact) mass is 261 g/mol. The first-order valence-electron chi connectivity index (χ1n) is 6.44. The highest BCUT2D eigenvalue weighted by Crippen LogP contribution is 2.52. The molecule has 2 aromatic rings. The van der Waals surface area contributed by atoms with Crippen LogP contribution in [0.4, 0.5) is 5.82 Å².